The lowest BCUT2D eigenvalue weighted by Gasteiger charge is -2.27. The molecule has 2 heterocycles. The number of carbonyl (C=O) groups is 2. The number of aromatic nitrogens is 1. The second kappa shape index (κ2) is 7.25. The number of carbonyl (C=O) groups excluding carboxylic acids is 2. The van der Waals surface area contributed by atoms with Gasteiger partial charge in [-0.15, -0.1) is 0 Å². The topological polar surface area (TPSA) is 71.5 Å². The van der Waals surface area contributed by atoms with E-state index in [0.29, 0.717) is 16.3 Å². The molecule has 1 aliphatic heterocycles. The van der Waals surface area contributed by atoms with Crippen molar-refractivity contribution < 1.29 is 14.3 Å². The molecule has 0 bridgehead atoms. The Morgan fingerprint density at radius 3 is 2.88 bits per heavy atom. The minimum Gasteiger partial charge on any atom is -0.375 e. The third kappa shape index (κ3) is 3.52. The Morgan fingerprint density at radius 1 is 1.36 bits per heavy atom. The number of fused-ring (bicyclic) bond motifs is 2. The van der Waals surface area contributed by atoms with E-state index in [1.54, 1.807) is 29.3 Å². The zero-order valence-corrected chi connectivity index (χ0v) is 15.1. The first kappa shape index (κ1) is 17.4. The molecule has 2 amide bonds. The lowest BCUT2D eigenvalue weighted by atomic mass is 10.1. The van der Waals surface area contributed by atoms with E-state index in [4.69, 9.17) is 4.74 Å². The van der Waals surface area contributed by atoms with E-state index >= 15 is 0 Å². The van der Waals surface area contributed by atoms with Gasteiger partial charge >= 0.3 is 0 Å². The number of ether oxygens (including phenoxy) is 1. The van der Waals surface area contributed by atoms with Crippen LogP contribution >= 0.6 is 11.8 Å². The van der Waals surface area contributed by atoms with Crippen LogP contribution in [0, 0.1) is 0 Å². The van der Waals surface area contributed by atoms with Crippen molar-refractivity contribution >= 4 is 35.0 Å². The molecular formula is C18H19N3O3S. The molecule has 130 valence electrons. The summed E-state index contributed by atoms with van der Waals surface area (Å²) in [6.07, 6.45) is 1.67. The molecule has 1 aliphatic rings. The Morgan fingerprint density at radius 2 is 2.16 bits per heavy atom. The number of anilines is 2. The molecule has 2 aromatic rings. The lowest BCUT2D eigenvalue weighted by Crippen LogP contribution is -2.37. The van der Waals surface area contributed by atoms with Gasteiger partial charge in [0, 0.05) is 29.9 Å². The van der Waals surface area contributed by atoms with Gasteiger partial charge in [-0.2, -0.15) is 0 Å². The predicted molar refractivity (Wildman–Crippen MR) is 97.3 cm³/mol. The third-order valence-electron chi connectivity index (χ3n) is 3.72. The van der Waals surface area contributed by atoms with E-state index in [-0.39, 0.29) is 24.5 Å². The Kier molecular flexibility index (Phi) is 5.06. The van der Waals surface area contributed by atoms with E-state index in [1.807, 2.05) is 26.0 Å². The van der Waals surface area contributed by atoms with Crippen molar-refractivity contribution in [2.45, 2.75) is 29.8 Å². The highest BCUT2D eigenvalue weighted by Gasteiger charge is 2.29. The number of nitrogens with zero attached hydrogens (tertiary/aromatic N) is 2. The smallest absolute Gasteiger partial charge is 0.261 e. The van der Waals surface area contributed by atoms with Crippen molar-refractivity contribution in [2.75, 3.05) is 23.9 Å². The first-order valence-corrected chi connectivity index (χ1v) is 8.72. The largest absolute Gasteiger partial charge is 0.375 e. The van der Waals surface area contributed by atoms with Gasteiger partial charge in [0.1, 0.15) is 11.6 Å². The molecule has 0 unspecified atom stereocenters. The van der Waals surface area contributed by atoms with Crippen LogP contribution < -0.4 is 10.2 Å². The minimum atomic E-state index is -0.226. The number of pyridine rings is 1. The highest BCUT2D eigenvalue weighted by molar-refractivity contribution is 7.99. The molecule has 0 saturated heterocycles. The van der Waals surface area contributed by atoms with Gasteiger partial charge in [0.05, 0.1) is 11.3 Å². The third-order valence-corrected chi connectivity index (χ3v) is 4.79. The monoisotopic (exact) mass is 357 g/mol. The quantitative estimate of drug-likeness (QED) is 0.910. The van der Waals surface area contributed by atoms with Gasteiger partial charge in [-0.3, -0.25) is 9.59 Å². The summed E-state index contributed by atoms with van der Waals surface area (Å²) in [5.74, 6) is -0.295. The average Bonchev–Trinajstić information content (AvgIpc) is 2.69. The van der Waals surface area contributed by atoms with Crippen LogP contribution in [0.5, 0.6) is 0 Å². The van der Waals surface area contributed by atoms with Crippen LogP contribution in [0.3, 0.4) is 0 Å². The van der Waals surface area contributed by atoms with Crippen LogP contribution in [-0.2, 0) is 9.53 Å². The van der Waals surface area contributed by atoms with Gasteiger partial charge in [0.2, 0.25) is 5.91 Å². The maximum Gasteiger partial charge on any atom is 0.261 e. The van der Waals surface area contributed by atoms with Gasteiger partial charge < -0.3 is 15.0 Å². The zero-order chi connectivity index (χ0) is 18.0. The van der Waals surface area contributed by atoms with Gasteiger partial charge in [-0.1, -0.05) is 11.8 Å². The van der Waals surface area contributed by atoms with Crippen molar-refractivity contribution in [3.05, 3.63) is 42.1 Å². The molecule has 6 nitrogen and oxygen atoms in total. The van der Waals surface area contributed by atoms with Crippen molar-refractivity contribution in [3.63, 3.8) is 0 Å². The number of amides is 2. The fourth-order valence-corrected chi connectivity index (χ4v) is 3.74. The zero-order valence-electron chi connectivity index (χ0n) is 14.3. The van der Waals surface area contributed by atoms with Crippen LogP contribution in [0.2, 0.25) is 0 Å². The summed E-state index contributed by atoms with van der Waals surface area (Å²) < 4.78 is 4.84. The number of nitrogens with one attached hydrogen (secondary N) is 1. The molecular weight excluding hydrogens is 338 g/mol. The number of benzene rings is 1. The second-order valence-corrected chi connectivity index (χ2v) is 6.92. The highest BCUT2D eigenvalue weighted by atomic mass is 32.2. The Bertz CT molecular complexity index is 823. The molecule has 0 atom stereocenters. The summed E-state index contributed by atoms with van der Waals surface area (Å²) in [6, 6.07) is 9.06. The van der Waals surface area contributed by atoms with Crippen LogP contribution in [-0.4, -0.2) is 36.6 Å². The van der Waals surface area contributed by atoms with Gasteiger partial charge in [-0.05, 0) is 44.2 Å². The van der Waals surface area contributed by atoms with Gasteiger partial charge in [0.25, 0.3) is 5.91 Å². The van der Waals surface area contributed by atoms with Crippen LogP contribution in [0.1, 0.15) is 24.2 Å². The van der Waals surface area contributed by atoms with Crippen LogP contribution in [0.15, 0.2) is 46.5 Å². The Labute approximate surface area is 150 Å². The molecule has 7 heteroatoms. The summed E-state index contributed by atoms with van der Waals surface area (Å²) in [6.45, 7) is 3.94. The summed E-state index contributed by atoms with van der Waals surface area (Å²) in [5.41, 5.74) is 2.05. The van der Waals surface area contributed by atoms with E-state index < -0.39 is 0 Å². The van der Waals surface area contributed by atoms with Crippen LogP contribution in [0.25, 0.3) is 0 Å². The number of methoxy groups -OCH3 is 1. The summed E-state index contributed by atoms with van der Waals surface area (Å²) in [5, 5.41) is 3.46. The standard InChI is InChI=1S/C18H19N3O3S/c1-11(2)21-14-7-6-12(20-16(22)10-24-3)9-15(14)25-17-13(18(21)23)5-4-8-19-17/h4-9,11H,10H2,1-3H3,(H,20,22). The van der Waals surface area contributed by atoms with E-state index in [9.17, 15) is 9.59 Å². The molecule has 0 spiro atoms. The van der Waals surface area contributed by atoms with Crippen molar-refractivity contribution in [2.24, 2.45) is 0 Å². The maximum absolute atomic E-state index is 13.0. The summed E-state index contributed by atoms with van der Waals surface area (Å²) >= 11 is 1.43. The molecule has 0 radical (unpaired) electrons. The van der Waals surface area contributed by atoms with Crippen molar-refractivity contribution in [3.8, 4) is 0 Å². The highest BCUT2D eigenvalue weighted by Crippen LogP contribution is 2.42. The second-order valence-electron chi connectivity index (χ2n) is 5.89. The van der Waals surface area contributed by atoms with Gasteiger partial charge in [-0.25, -0.2) is 4.98 Å². The molecule has 1 N–H and O–H groups in total. The maximum atomic E-state index is 13.0. The van der Waals surface area contributed by atoms with E-state index in [2.05, 4.69) is 10.3 Å². The minimum absolute atomic E-state index is 0.00746. The molecule has 1 aromatic carbocycles. The lowest BCUT2D eigenvalue weighted by molar-refractivity contribution is -0.119. The molecule has 3 rings (SSSR count). The number of rotatable bonds is 4. The average molecular weight is 357 g/mol. The van der Waals surface area contributed by atoms with Gasteiger partial charge in [0.15, 0.2) is 0 Å². The fraction of sp³-hybridized carbons (Fsp3) is 0.278. The van der Waals surface area contributed by atoms with Crippen molar-refractivity contribution in [1.29, 1.82) is 0 Å². The molecule has 0 saturated carbocycles. The van der Waals surface area contributed by atoms with Crippen LogP contribution in [0.4, 0.5) is 11.4 Å². The fourth-order valence-electron chi connectivity index (χ4n) is 2.69. The summed E-state index contributed by atoms with van der Waals surface area (Å²) in [7, 11) is 1.47. The Balaban J connectivity index is 2.05. The van der Waals surface area contributed by atoms with Crippen molar-refractivity contribution in [1.82, 2.24) is 4.98 Å². The Hall–Kier alpha value is -2.38. The number of hydrogen-bond acceptors (Lipinski definition) is 5. The summed E-state index contributed by atoms with van der Waals surface area (Å²) in [4.78, 5) is 31.7. The molecule has 0 fully saturated rings. The SMILES string of the molecule is COCC(=O)Nc1ccc2c(c1)Sc1ncccc1C(=O)N2C(C)C. The van der Waals surface area contributed by atoms with E-state index in [0.717, 1.165) is 10.6 Å². The first-order valence-electron chi connectivity index (χ1n) is 7.90. The molecule has 0 aliphatic carbocycles. The normalized spacial score (nSPS) is 13.3. The predicted octanol–water partition coefficient (Wildman–Crippen LogP) is 3.19. The first-order chi connectivity index (χ1) is 12.0. The van der Waals surface area contributed by atoms with E-state index in [1.165, 1.54) is 18.9 Å². The molecule has 25 heavy (non-hydrogen) atoms. The molecule has 1 aromatic heterocycles. The number of hydrogen-bond donors (Lipinski definition) is 1.